The van der Waals surface area contributed by atoms with Gasteiger partial charge in [0.15, 0.2) is 5.82 Å². The molecule has 5 aromatic rings. The number of nitrogens with two attached hydrogens (primary N) is 1. The third kappa shape index (κ3) is 17.6. The number of piperidine rings is 1. The van der Waals surface area contributed by atoms with Crippen molar-refractivity contribution >= 4 is 94.0 Å². The summed E-state index contributed by atoms with van der Waals surface area (Å²) in [6, 6.07) is 13.8. The Morgan fingerprint density at radius 3 is 2.36 bits per heavy atom. The molecule has 2 aliphatic carbocycles. The number of nitrogens with one attached hydrogen (secondary N) is 5. The number of fused-ring (bicyclic) bond motifs is 2. The van der Waals surface area contributed by atoms with Crippen LogP contribution in [0.2, 0.25) is 0 Å². The molecule has 6 aliphatic rings. The second-order valence-electron chi connectivity index (χ2n) is 26.5. The Bertz CT molecular complexity index is 4140. The zero-order chi connectivity index (χ0) is 72.8. The Balaban J connectivity index is 0.696. The van der Waals surface area contributed by atoms with E-state index in [0.717, 1.165) is 42.0 Å². The fourth-order valence-electron chi connectivity index (χ4n) is 14.0. The molecule has 4 aliphatic heterocycles. The van der Waals surface area contributed by atoms with Gasteiger partial charge in [0.1, 0.15) is 47.9 Å². The van der Waals surface area contributed by atoms with Gasteiger partial charge >= 0.3 is 6.09 Å². The SMILES string of the molecule is CC[C@@H]1C(=O)N(C)c2cnc(Nc3ccc(-c4cn(C5CCC(N(CCOCCC#Cc6cccc7c6CN(C6CCC(=O)NC6=O)C7=O)C(=O)OCc6ccc(NC(=O)[C@H](CC(N)=O)NC(=O)[C@H](C)NC(=O)CCCCCN7C(=O)C=CC7=O)cc6)CC5)nn4)cc3OC)nc2N1C1CCCC1. The molecule has 7 N–H and O–H groups in total. The Labute approximate surface area is 595 Å². The lowest BCUT2D eigenvalue weighted by Crippen LogP contribution is -2.55. The number of ether oxygens (including phenoxy) is 3. The van der Waals surface area contributed by atoms with Crippen LogP contribution in [0.1, 0.15) is 156 Å². The van der Waals surface area contributed by atoms with Crippen LogP contribution >= 0.6 is 0 Å². The average Bonchev–Trinajstić information content (AvgIpc) is 1.51. The zero-order valence-electron chi connectivity index (χ0n) is 58.2. The van der Waals surface area contributed by atoms with Crippen LogP contribution in [0.5, 0.6) is 5.75 Å². The van der Waals surface area contributed by atoms with Gasteiger partial charge in [0.2, 0.25) is 47.3 Å². The van der Waals surface area contributed by atoms with E-state index in [9.17, 15) is 52.7 Å². The molecule has 0 spiro atoms. The Morgan fingerprint density at radius 1 is 0.864 bits per heavy atom. The zero-order valence-corrected chi connectivity index (χ0v) is 58.2. The number of primary amides is 1. The summed E-state index contributed by atoms with van der Waals surface area (Å²) in [4.78, 5) is 159. The molecule has 30 nitrogen and oxygen atoms in total. The summed E-state index contributed by atoms with van der Waals surface area (Å²) in [7, 11) is 3.36. The van der Waals surface area contributed by atoms with Gasteiger partial charge < -0.3 is 60.8 Å². The molecule has 3 aromatic carbocycles. The molecular formula is C73H86N16O14. The molecule has 1 unspecified atom stereocenters. The predicted molar refractivity (Wildman–Crippen MR) is 375 cm³/mol. The van der Waals surface area contributed by atoms with Crippen molar-refractivity contribution in [3.05, 3.63) is 107 Å². The van der Waals surface area contributed by atoms with Crippen molar-refractivity contribution in [3.63, 3.8) is 0 Å². The number of hydrogen-bond donors (Lipinski definition) is 6. The number of nitrogens with zero attached hydrogens (tertiary/aromatic N) is 10. The van der Waals surface area contributed by atoms with Crippen LogP contribution in [0.25, 0.3) is 11.3 Å². The van der Waals surface area contributed by atoms with Gasteiger partial charge in [0.05, 0.1) is 50.9 Å². The van der Waals surface area contributed by atoms with Gasteiger partial charge in [0.25, 0.3) is 17.7 Å². The van der Waals surface area contributed by atoms with Crippen LogP contribution in [0.15, 0.2) is 85.2 Å². The normalized spacial score (nSPS) is 19.3. The van der Waals surface area contributed by atoms with Crippen molar-refractivity contribution in [2.45, 2.75) is 178 Å². The third-order valence-corrected chi connectivity index (χ3v) is 19.6. The largest absolute Gasteiger partial charge is 0.495 e. The number of hydrogen-bond acceptors (Lipinski definition) is 20. The third-order valence-electron chi connectivity index (χ3n) is 19.6. The lowest BCUT2D eigenvalue weighted by Gasteiger charge is -2.43. The fourth-order valence-corrected chi connectivity index (χ4v) is 14.0. The molecule has 542 valence electrons. The average molecular weight is 1410 g/mol. The molecule has 0 bridgehead atoms. The molecular weight excluding hydrogens is 1320 g/mol. The molecule has 1 saturated heterocycles. The molecule has 0 radical (unpaired) electrons. The summed E-state index contributed by atoms with van der Waals surface area (Å²) in [5.74, 6) is 3.30. The van der Waals surface area contributed by atoms with Crippen LogP contribution < -0.4 is 46.9 Å². The van der Waals surface area contributed by atoms with Gasteiger partial charge in [-0.25, -0.2) is 14.5 Å². The predicted octanol–water partition coefficient (Wildman–Crippen LogP) is 5.62. The van der Waals surface area contributed by atoms with E-state index >= 15 is 0 Å². The summed E-state index contributed by atoms with van der Waals surface area (Å²) >= 11 is 0. The minimum Gasteiger partial charge on any atom is -0.495 e. The van der Waals surface area contributed by atoms with E-state index < -0.39 is 60.2 Å². The maximum Gasteiger partial charge on any atom is 0.410 e. The van der Waals surface area contributed by atoms with Gasteiger partial charge in [-0.2, -0.15) is 4.98 Å². The Kier molecular flexibility index (Phi) is 23.9. The molecule has 2 aromatic heterocycles. The first-order chi connectivity index (χ1) is 49.7. The number of imide groups is 2. The second-order valence-corrected chi connectivity index (χ2v) is 26.5. The number of aromatic nitrogens is 5. The number of carbonyl (C=O) groups excluding carboxylic acids is 11. The lowest BCUT2D eigenvalue weighted by molar-refractivity contribution is -0.138. The number of amides is 11. The second kappa shape index (κ2) is 33.6. The summed E-state index contributed by atoms with van der Waals surface area (Å²) in [6.07, 6.45) is 14.5. The highest BCUT2D eigenvalue weighted by atomic mass is 16.6. The van der Waals surface area contributed by atoms with Crippen LogP contribution in [0.3, 0.4) is 0 Å². The minimum atomic E-state index is -1.39. The summed E-state index contributed by atoms with van der Waals surface area (Å²) < 4.78 is 19.8. The monoisotopic (exact) mass is 1410 g/mol. The molecule has 4 atom stereocenters. The molecule has 11 rings (SSSR count). The van der Waals surface area contributed by atoms with E-state index in [1.165, 1.54) is 24.0 Å². The molecule has 6 heterocycles. The Morgan fingerprint density at radius 2 is 1.63 bits per heavy atom. The lowest BCUT2D eigenvalue weighted by atomic mass is 9.90. The van der Waals surface area contributed by atoms with Gasteiger partial charge in [-0.3, -0.25) is 58.2 Å². The summed E-state index contributed by atoms with van der Waals surface area (Å²) in [5.41, 5.74) is 10.9. The Hall–Kier alpha value is -11.1. The van der Waals surface area contributed by atoms with Crippen molar-refractivity contribution in [2.24, 2.45) is 5.73 Å². The first kappa shape index (κ1) is 73.1. The van der Waals surface area contributed by atoms with Crippen molar-refractivity contribution in [1.29, 1.82) is 0 Å². The number of carbonyl (C=O) groups is 11. The highest BCUT2D eigenvalue weighted by Gasteiger charge is 2.43. The number of benzene rings is 3. The molecule has 103 heavy (non-hydrogen) atoms. The summed E-state index contributed by atoms with van der Waals surface area (Å²) in [6.45, 7) is 4.32. The van der Waals surface area contributed by atoms with Crippen molar-refractivity contribution in [3.8, 4) is 28.8 Å². The number of rotatable bonds is 29. The van der Waals surface area contributed by atoms with E-state index in [1.807, 2.05) is 42.1 Å². The molecule has 3 fully saturated rings. The van der Waals surface area contributed by atoms with Crippen LogP contribution in [-0.4, -0.2) is 182 Å². The fraction of sp³-hybridized carbons (Fsp3) is 0.466. The molecule has 30 heteroatoms. The molecule has 11 amide bonds. The number of methoxy groups -OCH3 is 1. The van der Waals surface area contributed by atoms with E-state index in [-0.39, 0.29) is 112 Å². The number of likely N-dealkylation sites (N-methyl/N-ethyl adjacent to an activating group) is 1. The van der Waals surface area contributed by atoms with Crippen LogP contribution in [-0.2, 0) is 65.8 Å². The summed E-state index contributed by atoms with van der Waals surface area (Å²) in [5, 5.41) is 22.6. The van der Waals surface area contributed by atoms with Crippen LogP contribution in [0.4, 0.5) is 33.6 Å². The van der Waals surface area contributed by atoms with E-state index in [2.05, 4.69) is 58.6 Å². The minimum absolute atomic E-state index is 0.0387. The van der Waals surface area contributed by atoms with E-state index in [0.29, 0.717) is 114 Å². The van der Waals surface area contributed by atoms with Crippen molar-refractivity contribution in [2.75, 3.05) is 60.9 Å². The van der Waals surface area contributed by atoms with Gasteiger partial charge in [-0.05, 0) is 119 Å². The van der Waals surface area contributed by atoms with Crippen molar-refractivity contribution < 1.29 is 67.0 Å². The highest BCUT2D eigenvalue weighted by molar-refractivity contribution is 6.13. The first-order valence-electron chi connectivity index (χ1n) is 35.1. The van der Waals surface area contributed by atoms with Crippen molar-refractivity contribution in [1.82, 2.24) is 55.6 Å². The van der Waals surface area contributed by atoms with Crippen LogP contribution in [0, 0.1) is 11.8 Å². The number of unbranched alkanes of at least 4 members (excludes halogenated alkanes) is 2. The molecule has 2 saturated carbocycles. The maximum absolute atomic E-state index is 14.3. The maximum atomic E-state index is 14.3. The topological polar surface area (TPSA) is 374 Å². The van der Waals surface area contributed by atoms with Gasteiger partial charge in [-0.15, -0.1) is 5.10 Å². The van der Waals surface area contributed by atoms with Gasteiger partial charge in [-0.1, -0.05) is 67.5 Å². The number of anilines is 5. The first-order valence-corrected chi connectivity index (χ1v) is 35.1. The van der Waals surface area contributed by atoms with E-state index in [4.69, 9.17) is 24.9 Å². The highest BCUT2D eigenvalue weighted by Crippen LogP contribution is 2.41. The smallest absolute Gasteiger partial charge is 0.410 e. The standard InChI is InChI=1S/C73H86N16O14/c1-5-57-71(99)84(3)59-40-75-72(81-66(59)89(57)51-16-8-9-17-51)79-54-29-22-47(38-60(54)101-4)56-42-88(83-82-56)50-27-25-49(26-28-50)85(35-37-102-36-12-10-14-46-15-13-18-52-53(46)41-87(70(52)98)58-30-31-63(92)80-69(58)97)73(100)103-43-45-20-23-48(24-21-45)77-68(96)55(39-61(74)90)78-67(95)44(2)76-62(91)19-7-6-11-34-86-64(93)32-33-65(86)94/h13,15,18,20-24,29,32-33,38,40,42,44,49-51,55,57-58H,5-9,11-12,16-17,19,25-28,30-31,34-37,39,41,43H2,1-4H3,(H2,74,90)(H,76,91)(H,77,96)(H,78,95)(H,75,79,81)(H,80,92,97)/t44-,49?,50?,55-,57+,58?/m0/s1. The van der Waals surface area contributed by atoms with E-state index in [1.54, 1.807) is 66.6 Å². The quantitative estimate of drug-likeness (QED) is 0.0192. The van der Waals surface area contributed by atoms with Gasteiger partial charge in [0, 0.05) is 92.6 Å².